The van der Waals surface area contributed by atoms with E-state index in [2.05, 4.69) is 9.97 Å². The zero-order valence-electron chi connectivity index (χ0n) is 18.3. The zero-order chi connectivity index (χ0) is 24.2. The van der Waals surface area contributed by atoms with Gasteiger partial charge in [-0.1, -0.05) is 24.3 Å². The van der Waals surface area contributed by atoms with Crippen LogP contribution in [0.2, 0.25) is 0 Å². The molecule has 2 atom stereocenters. The van der Waals surface area contributed by atoms with Crippen LogP contribution in [0.5, 0.6) is 0 Å². The average Bonchev–Trinajstić information content (AvgIpc) is 3.12. The van der Waals surface area contributed by atoms with Crippen LogP contribution in [0.4, 0.5) is 30.5 Å². The lowest BCUT2D eigenvalue weighted by molar-refractivity contribution is -0.126. The first-order valence-corrected chi connectivity index (χ1v) is 10.6. The van der Waals surface area contributed by atoms with Gasteiger partial charge in [-0.05, 0) is 42.3 Å². The number of aromatic nitrogens is 2. The molecule has 4 heterocycles. The summed E-state index contributed by atoms with van der Waals surface area (Å²) in [7, 11) is 1.50. The summed E-state index contributed by atoms with van der Waals surface area (Å²) in [6.45, 7) is 0.0780. The van der Waals surface area contributed by atoms with E-state index in [4.69, 9.17) is 0 Å². The van der Waals surface area contributed by atoms with E-state index in [1.54, 1.807) is 36.7 Å². The molecule has 1 aromatic carbocycles. The van der Waals surface area contributed by atoms with Crippen LogP contribution in [0.3, 0.4) is 0 Å². The number of rotatable bonds is 3. The number of carbonyl (C=O) groups excluding carboxylic acids is 2. The summed E-state index contributed by atoms with van der Waals surface area (Å²) in [6.07, 6.45) is -1.27. The highest BCUT2D eigenvalue weighted by Crippen LogP contribution is 2.43. The fourth-order valence-corrected chi connectivity index (χ4v) is 4.58. The van der Waals surface area contributed by atoms with Crippen molar-refractivity contribution in [2.45, 2.75) is 25.2 Å². The molecule has 2 amide bonds. The van der Waals surface area contributed by atoms with E-state index >= 15 is 0 Å². The minimum Gasteiger partial charge on any atom is -0.334 e. The van der Waals surface area contributed by atoms with E-state index in [1.165, 1.54) is 29.8 Å². The maximum Gasteiger partial charge on any atom is 0.406 e. The molecule has 174 valence electrons. The molecule has 0 saturated carbocycles. The second kappa shape index (κ2) is 7.82. The van der Waals surface area contributed by atoms with E-state index in [0.29, 0.717) is 5.56 Å². The number of amides is 2. The Morgan fingerprint density at radius 1 is 1.03 bits per heavy atom. The standard InChI is InChI=1S/C24H20F3N5O2/c1-14-22(33)30(2)18-9-10-19(29-21(18)31(14)13-24(25,26)27)32-20(15-6-5-11-28-12-15)16-7-3-4-8-17(16)23(32)34/h3-12,14,20H,13H2,1-2H3. The summed E-state index contributed by atoms with van der Waals surface area (Å²) >= 11 is 0. The van der Waals surface area contributed by atoms with E-state index in [-0.39, 0.29) is 23.2 Å². The van der Waals surface area contributed by atoms with Crippen LogP contribution in [0.1, 0.15) is 34.5 Å². The second-order valence-electron chi connectivity index (χ2n) is 8.28. The van der Waals surface area contributed by atoms with Crippen LogP contribution in [0.15, 0.2) is 60.9 Å². The highest BCUT2D eigenvalue weighted by molar-refractivity contribution is 6.12. The molecule has 0 fully saturated rings. The van der Waals surface area contributed by atoms with Crippen molar-refractivity contribution < 1.29 is 22.8 Å². The Hall–Kier alpha value is -3.95. The third-order valence-corrected chi connectivity index (χ3v) is 6.19. The Labute approximate surface area is 193 Å². The number of hydrogen-bond acceptors (Lipinski definition) is 5. The summed E-state index contributed by atoms with van der Waals surface area (Å²) in [5.74, 6) is -0.592. The fraction of sp³-hybridized carbons (Fsp3) is 0.250. The highest BCUT2D eigenvalue weighted by Gasteiger charge is 2.43. The molecular weight excluding hydrogens is 447 g/mol. The summed E-state index contributed by atoms with van der Waals surface area (Å²) in [4.78, 5) is 38.4. The predicted molar refractivity (Wildman–Crippen MR) is 120 cm³/mol. The van der Waals surface area contributed by atoms with Gasteiger partial charge in [0.05, 0.1) is 11.7 Å². The molecular formula is C24H20F3N5O2. The second-order valence-corrected chi connectivity index (χ2v) is 8.28. The molecule has 0 bridgehead atoms. The molecule has 5 rings (SSSR count). The third kappa shape index (κ3) is 3.46. The van der Waals surface area contributed by atoms with Crippen molar-refractivity contribution in [1.29, 1.82) is 0 Å². The van der Waals surface area contributed by atoms with Crippen molar-refractivity contribution in [2.24, 2.45) is 0 Å². The van der Waals surface area contributed by atoms with Crippen LogP contribution in [0, 0.1) is 0 Å². The Bertz CT molecular complexity index is 1280. The largest absolute Gasteiger partial charge is 0.406 e. The average molecular weight is 467 g/mol. The van der Waals surface area contributed by atoms with Crippen molar-refractivity contribution in [1.82, 2.24) is 9.97 Å². The molecule has 0 aliphatic carbocycles. The van der Waals surface area contributed by atoms with Gasteiger partial charge < -0.3 is 9.80 Å². The smallest absolute Gasteiger partial charge is 0.334 e. The molecule has 2 aliphatic rings. The quantitative estimate of drug-likeness (QED) is 0.583. The van der Waals surface area contributed by atoms with E-state index in [9.17, 15) is 22.8 Å². The molecule has 34 heavy (non-hydrogen) atoms. The maximum absolute atomic E-state index is 13.4. The molecule has 2 aliphatic heterocycles. The monoisotopic (exact) mass is 467 g/mol. The number of alkyl halides is 3. The molecule has 0 saturated heterocycles. The Balaban J connectivity index is 1.66. The lowest BCUT2D eigenvalue weighted by Crippen LogP contribution is -2.53. The SMILES string of the molecule is CC1C(=O)N(C)c2ccc(N3C(=O)c4ccccc4C3c3cccnc3)nc2N1CC(F)(F)F. The Morgan fingerprint density at radius 2 is 1.79 bits per heavy atom. The van der Waals surface area contributed by atoms with Crippen molar-refractivity contribution in [3.8, 4) is 0 Å². The van der Waals surface area contributed by atoms with Gasteiger partial charge >= 0.3 is 6.18 Å². The van der Waals surface area contributed by atoms with E-state index in [0.717, 1.165) is 16.0 Å². The van der Waals surface area contributed by atoms with Crippen molar-refractivity contribution >= 4 is 29.1 Å². The van der Waals surface area contributed by atoms with Gasteiger partial charge in [0, 0.05) is 25.0 Å². The van der Waals surface area contributed by atoms with Gasteiger partial charge in [-0.3, -0.25) is 19.5 Å². The number of carbonyl (C=O) groups is 2. The number of halogens is 3. The molecule has 2 unspecified atom stereocenters. The summed E-state index contributed by atoms with van der Waals surface area (Å²) in [5, 5.41) is 0. The van der Waals surface area contributed by atoms with Gasteiger partial charge in [-0.25, -0.2) is 4.98 Å². The molecule has 10 heteroatoms. The maximum atomic E-state index is 13.4. The van der Waals surface area contributed by atoms with Crippen LogP contribution >= 0.6 is 0 Å². The Kier molecular flexibility index (Phi) is 5.03. The minimum absolute atomic E-state index is 0.00174. The third-order valence-electron chi connectivity index (χ3n) is 6.19. The summed E-state index contributed by atoms with van der Waals surface area (Å²) < 4.78 is 40.2. The van der Waals surface area contributed by atoms with Crippen LogP contribution < -0.4 is 14.7 Å². The summed E-state index contributed by atoms with van der Waals surface area (Å²) in [5.41, 5.74) is 2.24. The van der Waals surface area contributed by atoms with Crippen molar-refractivity contribution in [3.05, 3.63) is 77.6 Å². The lowest BCUT2D eigenvalue weighted by atomic mass is 9.99. The number of fused-ring (bicyclic) bond motifs is 2. The van der Waals surface area contributed by atoms with Gasteiger partial charge in [0.1, 0.15) is 18.4 Å². The first-order valence-electron chi connectivity index (χ1n) is 10.6. The van der Waals surface area contributed by atoms with E-state index < -0.39 is 30.7 Å². The molecule has 0 spiro atoms. The van der Waals surface area contributed by atoms with Gasteiger partial charge in [0.15, 0.2) is 5.82 Å². The molecule has 0 radical (unpaired) electrons. The normalized spacial score (nSPS) is 20.0. The van der Waals surface area contributed by atoms with Crippen molar-refractivity contribution in [3.63, 3.8) is 0 Å². The van der Waals surface area contributed by atoms with Gasteiger partial charge in [-0.15, -0.1) is 0 Å². The Morgan fingerprint density at radius 3 is 2.50 bits per heavy atom. The fourth-order valence-electron chi connectivity index (χ4n) is 4.58. The molecule has 0 N–H and O–H groups in total. The molecule has 2 aromatic heterocycles. The minimum atomic E-state index is -4.54. The predicted octanol–water partition coefficient (Wildman–Crippen LogP) is 3.96. The first-order chi connectivity index (χ1) is 16.2. The number of benzene rings is 1. The topological polar surface area (TPSA) is 69.6 Å². The number of pyridine rings is 2. The highest BCUT2D eigenvalue weighted by atomic mass is 19.4. The van der Waals surface area contributed by atoms with Crippen LogP contribution in [-0.4, -0.2) is 47.6 Å². The number of anilines is 3. The number of hydrogen-bond donors (Lipinski definition) is 0. The van der Waals surface area contributed by atoms with Crippen molar-refractivity contribution in [2.75, 3.05) is 28.3 Å². The van der Waals surface area contributed by atoms with Crippen LogP contribution in [-0.2, 0) is 4.79 Å². The summed E-state index contributed by atoms with van der Waals surface area (Å²) in [6, 6.07) is 12.2. The van der Waals surface area contributed by atoms with E-state index in [1.807, 2.05) is 18.2 Å². The molecule has 7 nitrogen and oxygen atoms in total. The van der Waals surface area contributed by atoms with Gasteiger partial charge in [0.2, 0.25) is 5.91 Å². The number of nitrogens with zero attached hydrogens (tertiary/aromatic N) is 5. The lowest BCUT2D eigenvalue weighted by Gasteiger charge is -2.40. The van der Waals surface area contributed by atoms with Crippen LogP contribution in [0.25, 0.3) is 0 Å². The van der Waals surface area contributed by atoms with Gasteiger partial charge in [0.25, 0.3) is 5.91 Å². The zero-order valence-corrected chi connectivity index (χ0v) is 18.3. The first kappa shape index (κ1) is 21.9. The van der Waals surface area contributed by atoms with Gasteiger partial charge in [-0.2, -0.15) is 13.2 Å². The number of likely N-dealkylation sites (N-methyl/N-ethyl adjacent to an activating group) is 1. The molecule has 3 aromatic rings.